The summed E-state index contributed by atoms with van der Waals surface area (Å²) in [6, 6.07) is 2.70. The Morgan fingerprint density at radius 3 is 2.79 bits per heavy atom. The van der Waals surface area contributed by atoms with Crippen LogP contribution in [-0.2, 0) is 4.79 Å². The normalized spacial score (nSPS) is 54.5. The third kappa shape index (κ3) is 1.60. The van der Waals surface area contributed by atoms with E-state index in [-0.39, 0.29) is 16.7 Å². The molecule has 2 heteroatoms. The molecule has 0 aromatic heterocycles. The van der Waals surface area contributed by atoms with Crippen LogP contribution in [0.25, 0.3) is 0 Å². The van der Waals surface area contributed by atoms with Gasteiger partial charge >= 0.3 is 0 Å². The molecule has 0 N–H and O–H groups in total. The molecule has 0 bridgehead atoms. The Bertz CT molecular complexity index is 740. The summed E-state index contributed by atoms with van der Waals surface area (Å²) in [6.45, 7) is 7.05. The van der Waals surface area contributed by atoms with Crippen molar-refractivity contribution in [1.29, 1.82) is 5.26 Å². The van der Waals surface area contributed by atoms with Crippen molar-refractivity contribution in [2.75, 3.05) is 0 Å². The molecule has 0 spiro atoms. The zero-order valence-electron chi connectivity index (χ0n) is 15.0. The van der Waals surface area contributed by atoms with Gasteiger partial charge in [-0.05, 0) is 84.7 Å². The molecule has 8 atom stereocenters. The van der Waals surface area contributed by atoms with Gasteiger partial charge in [-0.3, -0.25) is 4.79 Å². The number of carbonyl (C=O) groups is 1. The predicted octanol–water partition coefficient (Wildman–Crippen LogP) is 4.68. The van der Waals surface area contributed by atoms with E-state index in [1.54, 1.807) is 0 Å². The van der Waals surface area contributed by atoms with Crippen LogP contribution in [-0.4, -0.2) is 5.78 Å². The Morgan fingerprint density at radius 1 is 1.25 bits per heavy atom. The number of nitriles is 1. The fourth-order valence-corrected chi connectivity index (χ4v) is 7.62. The highest BCUT2D eigenvalue weighted by atomic mass is 16.1. The van der Waals surface area contributed by atoms with Crippen LogP contribution in [0.4, 0.5) is 0 Å². The first-order valence-electron chi connectivity index (χ1n) is 9.73. The van der Waals surface area contributed by atoms with Gasteiger partial charge in [0.25, 0.3) is 0 Å². The van der Waals surface area contributed by atoms with E-state index < -0.39 is 0 Å². The van der Waals surface area contributed by atoms with E-state index >= 15 is 0 Å². The third-order valence-corrected chi connectivity index (χ3v) is 8.76. The molecule has 24 heavy (non-hydrogen) atoms. The quantitative estimate of drug-likeness (QED) is 0.650. The molecular weight excluding hydrogens is 294 g/mol. The number of rotatable bonds is 0. The molecule has 5 aliphatic rings. The number of hydrogen-bond donors (Lipinski definition) is 0. The Balaban J connectivity index is 1.62. The number of allylic oxidation sites excluding steroid dienone is 4. The average Bonchev–Trinajstić information content (AvgIpc) is 3.24. The molecule has 5 rings (SSSR count). The molecule has 3 saturated carbocycles. The van der Waals surface area contributed by atoms with Crippen molar-refractivity contribution in [2.24, 2.45) is 46.3 Å². The van der Waals surface area contributed by atoms with Gasteiger partial charge in [0.05, 0.1) is 12.0 Å². The van der Waals surface area contributed by atoms with Crippen LogP contribution in [0.2, 0.25) is 0 Å². The smallest absolute Gasteiger partial charge is 0.156 e. The van der Waals surface area contributed by atoms with Gasteiger partial charge < -0.3 is 0 Å². The van der Waals surface area contributed by atoms with E-state index in [9.17, 15) is 10.1 Å². The van der Waals surface area contributed by atoms with Gasteiger partial charge in [0.1, 0.15) is 0 Å². The van der Waals surface area contributed by atoms with E-state index in [4.69, 9.17) is 0 Å². The second kappa shape index (κ2) is 4.43. The molecule has 0 aromatic rings. The van der Waals surface area contributed by atoms with Crippen molar-refractivity contribution in [2.45, 2.75) is 52.9 Å². The summed E-state index contributed by atoms with van der Waals surface area (Å²) in [5, 5.41) is 9.77. The van der Waals surface area contributed by atoms with Crippen molar-refractivity contribution in [3.05, 3.63) is 23.3 Å². The first-order chi connectivity index (χ1) is 11.4. The van der Waals surface area contributed by atoms with Gasteiger partial charge in [0, 0.05) is 6.42 Å². The zero-order valence-corrected chi connectivity index (χ0v) is 15.0. The van der Waals surface area contributed by atoms with Crippen LogP contribution in [0.5, 0.6) is 0 Å². The molecule has 5 aliphatic carbocycles. The van der Waals surface area contributed by atoms with Crippen molar-refractivity contribution in [3.63, 3.8) is 0 Å². The lowest BCUT2D eigenvalue weighted by atomic mass is 9.47. The van der Waals surface area contributed by atoms with Crippen LogP contribution < -0.4 is 0 Å². The van der Waals surface area contributed by atoms with E-state index in [2.05, 4.69) is 32.9 Å². The van der Waals surface area contributed by atoms with Crippen molar-refractivity contribution >= 4 is 5.78 Å². The Labute approximate surface area is 145 Å². The molecule has 126 valence electrons. The minimum absolute atomic E-state index is 0.174. The standard InChI is InChI=1S/C22H27NO/c1-12-8-16-17(21(2)6-4-13(24)9-18(12)21)5-7-22(3)19(11-23)14-10-15(14)20(16)22/h8-9,14-17,19-20H,4-7,10H2,1-3H3/t14?,15?,16?,17?,19-,20?,21+,22+/m0/s1. The minimum atomic E-state index is 0.174. The number of ketones is 1. The molecule has 0 saturated heterocycles. The molecule has 0 heterocycles. The van der Waals surface area contributed by atoms with Gasteiger partial charge in [0.15, 0.2) is 5.78 Å². The highest BCUT2D eigenvalue weighted by molar-refractivity contribution is 5.92. The molecule has 2 nitrogen and oxygen atoms in total. The Hall–Kier alpha value is -1.36. The maximum absolute atomic E-state index is 12.0. The number of nitrogens with zero attached hydrogens (tertiary/aromatic N) is 1. The predicted molar refractivity (Wildman–Crippen MR) is 92.7 cm³/mol. The van der Waals surface area contributed by atoms with Gasteiger partial charge in [-0.2, -0.15) is 5.26 Å². The number of carbonyl (C=O) groups excluding carboxylic acids is 1. The monoisotopic (exact) mass is 321 g/mol. The van der Waals surface area contributed by atoms with E-state index in [0.29, 0.717) is 35.9 Å². The maximum Gasteiger partial charge on any atom is 0.156 e. The first kappa shape index (κ1) is 14.9. The molecule has 0 radical (unpaired) electrons. The minimum Gasteiger partial charge on any atom is -0.295 e. The molecular formula is C22H27NO. The molecule has 0 amide bonds. The fourth-order valence-electron chi connectivity index (χ4n) is 7.62. The number of hydrogen-bond acceptors (Lipinski definition) is 2. The van der Waals surface area contributed by atoms with E-state index in [1.165, 1.54) is 30.4 Å². The number of fused-ring (bicyclic) bond motifs is 7. The summed E-state index contributed by atoms with van der Waals surface area (Å²) in [5.41, 5.74) is 3.07. The van der Waals surface area contributed by atoms with Crippen LogP contribution in [0.15, 0.2) is 23.3 Å². The highest BCUT2D eigenvalue weighted by Gasteiger charge is 2.70. The van der Waals surface area contributed by atoms with Gasteiger partial charge in [-0.15, -0.1) is 0 Å². The average molecular weight is 321 g/mol. The van der Waals surface area contributed by atoms with Crippen molar-refractivity contribution < 1.29 is 4.79 Å². The SMILES string of the molecule is CC1=CC2C(CC[C@@]3(C)C2C2CC2[C@@H]3C#N)[C@@]2(C)CCC(=O)C=C12. The van der Waals surface area contributed by atoms with Gasteiger partial charge in [-0.1, -0.05) is 25.5 Å². The van der Waals surface area contributed by atoms with Gasteiger partial charge in [0.2, 0.25) is 0 Å². The summed E-state index contributed by atoms with van der Waals surface area (Å²) < 4.78 is 0. The molecule has 3 fully saturated rings. The van der Waals surface area contributed by atoms with Crippen LogP contribution in [0.3, 0.4) is 0 Å². The first-order valence-corrected chi connectivity index (χ1v) is 9.73. The second-order valence-electron chi connectivity index (χ2n) is 9.72. The molecule has 0 aliphatic heterocycles. The maximum atomic E-state index is 12.0. The molecule has 0 aromatic carbocycles. The summed E-state index contributed by atoms with van der Waals surface area (Å²) in [5.74, 6) is 4.02. The lowest BCUT2D eigenvalue weighted by molar-refractivity contribution is -0.116. The zero-order chi connectivity index (χ0) is 16.9. The lowest BCUT2D eigenvalue weighted by Crippen LogP contribution is -2.50. The summed E-state index contributed by atoms with van der Waals surface area (Å²) >= 11 is 0. The Morgan fingerprint density at radius 2 is 2.04 bits per heavy atom. The largest absolute Gasteiger partial charge is 0.295 e. The van der Waals surface area contributed by atoms with E-state index in [1.807, 2.05) is 6.08 Å². The molecule has 5 unspecified atom stereocenters. The highest BCUT2D eigenvalue weighted by Crippen LogP contribution is 2.75. The third-order valence-electron chi connectivity index (χ3n) is 8.76. The summed E-state index contributed by atoms with van der Waals surface area (Å²) in [7, 11) is 0. The van der Waals surface area contributed by atoms with Crippen LogP contribution in [0.1, 0.15) is 52.9 Å². The lowest BCUT2D eigenvalue weighted by Gasteiger charge is -2.57. The van der Waals surface area contributed by atoms with Crippen molar-refractivity contribution in [1.82, 2.24) is 0 Å². The van der Waals surface area contributed by atoms with Gasteiger partial charge in [-0.25, -0.2) is 0 Å². The fraction of sp³-hybridized carbons (Fsp3) is 0.727. The van der Waals surface area contributed by atoms with Crippen molar-refractivity contribution in [3.8, 4) is 6.07 Å². The topological polar surface area (TPSA) is 40.9 Å². The Kier molecular flexibility index (Phi) is 2.75. The second-order valence-corrected chi connectivity index (χ2v) is 9.72. The van der Waals surface area contributed by atoms with E-state index in [0.717, 1.165) is 12.3 Å². The summed E-state index contributed by atoms with van der Waals surface area (Å²) in [4.78, 5) is 12.0. The summed E-state index contributed by atoms with van der Waals surface area (Å²) in [6.07, 6.45) is 9.90. The van der Waals surface area contributed by atoms with Crippen LogP contribution in [0, 0.1) is 57.7 Å². The van der Waals surface area contributed by atoms with Crippen LogP contribution >= 0.6 is 0 Å².